The highest BCUT2D eigenvalue weighted by Gasteiger charge is 2.29. The van der Waals surface area contributed by atoms with Gasteiger partial charge in [-0.2, -0.15) is 0 Å². The highest BCUT2D eigenvalue weighted by molar-refractivity contribution is 6.00. The normalized spacial score (nSPS) is 12.3. The number of para-hydroxylation sites is 1. The van der Waals surface area contributed by atoms with Gasteiger partial charge in [0, 0.05) is 17.5 Å². The number of amides is 1. The summed E-state index contributed by atoms with van der Waals surface area (Å²) >= 11 is 0. The minimum absolute atomic E-state index is 0.0260. The van der Waals surface area contributed by atoms with Crippen molar-refractivity contribution < 1.29 is 19.4 Å². The number of aromatic nitrogens is 1. The van der Waals surface area contributed by atoms with Gasteiger partial charge < -0.3 is 9.84 Å². The number of carbonyl (C=O) groups excluding carboxylic acids is 1. The predicted octanol–water partition coefficient (Wildman–Crippen LogP) is 5.29. The number of carboxylic acid groups (broad SMARTS) is 1. The molecule has 0 saturated carbocycles. The quantitative estimate of drug-likeness (QED) is 0.477. The zero-order valence-electron chi connectivity index (χ0n) is 16.4. The molecule has 0 unspecified atom stereocenters. The summed E-state index contributed by atoms with van der Waals surface area (Å²) in [7, 11) is 0. The second-order valence-corrected chi connectivity index (χ2v) is 7.36. The number of ether oxygens (including phenoxy) is 1. The molecule has 0 aliphatic heterocycles. The summed E-state index contributed by atoms with van der Waals surface area (Å²) in [6.07, 6.45) is 0.687. The zero-order valence-corrected chi connectivity index (χ0v) is 16.4. The molecule has 6 nitrogen and oxygen atoms in total. The van der Waals surface area contributed by atoms with Gasteiger partial charge >= 0.3 is 12.1 Å². The number of benzene rings is 3. The Kier molecular flexibility index (Phi) is 4.59. The molecule has 0 bridgehead atoms. The molecule has 0 spiro atoms. The van der Waals surface area contributed by atoms with E-state index in [9.17, 15) is 9.59 Å². The lowest BCUT2D eigenvalue weighted by Gasteiger charge is -2.15. The standard InChI is InChI=1S/C25H18N2O4/c28-24(29)16-12-15-6-5-11-22(23(15)26-13-16)27-25(30)31-14-21-19-9-3-1-7-17(19)18-8-2-4-10-20(18)21/h1-13,21H,14H2,(H,27,30)(H,28,29). The average Bonchev–Trinajstić information content (AvgIpc) is 3.11. The van der Waals surface area contributed by atoms with Crippen molar-refractivity contribution in [3.8, 4) is 11.1 Å². The van der Waals surface area contributed by atoms with Crippen molar-refractivity contribution in [2.45, 2.75) is 5.92 Å². The fourth-order valence-corrected chi connectivity index (χ4v) is 4.12. The van der Waals surface area contributed by atoms with Gasteiger partial charge in [-0.05, 0) is 34.4 Å². The van der Waals surface area contributed by atoms with Crippen LogP contribution in [0, 0.1) is 0 Å². The summed E-state index contributed by atoms with van der Waals surface area (Å²) in [5.41, 5.74) is 5.67. The Bertz CT molecular complexity index is 1290. The fraction of sp³-hybridized carbons (Fsp3) is 0.0800. The Balaban J connectivity index is 1.35. The van der Waals surface area contributed by atoms with Crippen LogP contribution in [0.25, 0.3) is 22.0 Å². The molecular weight excluding hydrogens is 392 g/mol. The molecule has 31 heavy (non-hydrogen) atoms. The Labute approximate surface area is 178 Å². The van der Waals surface area contributed by atoms with Crippen molar-refractivity contribution in [1.82, 2.24) is 4.98 Å². The van der Waals surface area contributed by atoms with Crippen LogP contribution in [0.15, 0.2) is 79.0 Å². The molecule has 1 aromatic heterocycles. The first kappa shape index (κ1) is 18.8. The van der Waals surface area contributed by atoms with Gasteiger partial charge in [-0.3, -0.25) is 10.3 Å². The van der Waals surface area contributed by atoms with Crippen molar-refractivity contribution in [3.63, 3.8) is 0 Å². The van der Waals surface area contributed by atoms with E-state index in [0.717, 1.165) is 11.1 Å². The number of rotatable bonds is 4. The largest absolute Gasteiger partial charge is 0.478 e. The van der Waals surface area contributed by atoms with Crippen LogP contribution in [0.3, 0.4) is 0 Å². The van der Waals surface area contributed by atoms with Crippen LogP contribution in [0.5, 0.6) is 0 Å². The first-order chi connectivity index (χ1) is 15.1. The van der Waals surface area contributed by atoms with Crippen molar-refractivity contribution >= 4 is 28.7 Å². The maximum atomic E-state index is 12.6. The van der Waals surface area contributed by atoms with Gasteiger partial charge in [-0.15, -0.1) is 0 Å². The van der Waals surface area contributed by atoms with E-state index in [1.54, 1.807) is 18.2 Å². The van der Waals surface area contributed by atoms with Gasteiger partial charge in [-0.1, -0.05) is 60.7 Å². The molecule has 0 saturated heterocycles. The number of fused-ring (bicyclic) bond motifs is 4. The van der Waals surface area contributed by atoms with Crippen LogP contribution in [-0.4, -0.2) is 28.8 Å². The van der Waals surface area contributed by atoms with Crippen molar-refractivity contribution in [1.29, 1.82) is 0 Å². The molecule has 1 heterocycles. The second-order valence-electron chi connectivity index (χ2n) is 7.36. The molecule has 0 fully saturated rings. The third-order valence-electron chi connectivity index (χ3n) is 5.54. The first-order valence-corrected chi connectivity index (χ1v) is 9.86. The number of hydrogen-bond donors (Lipinski definition) is 2. The van der Waals surface area contributed by atoms with Crippen LogP contribution in [0.4, 0.5) is 10.5 Å². The van der Waals surface area contributed by atoms with E-state index in [4.69, 9.17) is 9.84 Å². The SMILES string of the molecule is O=C(Nc1cccc2cc(C(=O)O)cnc12)OCC1c2ccccc2-c2ccccc21. The molecule has 5 rings (SSSR count). The number of pyridine rings is 1. The van der Waals surface area contributed by atoms with Crippen LogP contribution in [0.2, 0.25) is 0 Å². The van der Waals surface area contributed by atoms with E-state index in [1.807, 2.05) is 24.3 Å². The molecule has 3 aromatic carbocycles. The average molecular weight is 410 g/mol. The first-order valence-electron chi connectivity index (χ1n) is 9.86. The molecule has 152 valence electrons. The summed E-state index contributed by atoms with van der Waals surface area (Å²) in [6, 6.07) is 23.0. The van der Waals surface area contributed by atoms with Crippen molar-refractivity contribution in [2.75, 3.05) is 11.9 Å². The maximum Gasteiger partial charge on any atom is 0.411 e. The summed E-state index contributed by atoms with van der Waals surface area (Å²) in [5, 5.41) is 12.5. The monoisotopic (exact) mass is 410 g/mol. The number of nitrogens with zero attached hydrogens (tertiary/aromatic N) is 1. The summed E-state index contributed by atoms with van der Waals surface area (Å²) < 4.78 is 5.58. The lowest BCUT2D eigenvalue weighted by molar-refractivity contribution is 0.0696. The topological polar surface area (TPSA) is 88.5 Å². The van der Waals surface area contributed by atoms with Gasteiger partial charge in [-0.25, -0.2) is 9.59 Å². The Morgan fingerprint density at radius 3 is 2.29 bits per heavy atom. The van der Waals surface area contributed by atoms with Crippen LogP contribution < -0.4 is 5.32 Å². The van der Waals surface area contributed by atoms with E-state index < -0.39 is 12.1 Å². The lowest BCUT2D eigenvalue weighted by atomic mass is 9.98. The van der Waals surface area contributed by atoms with Gasteiger partial charge in [0.2, 0.25) is 0 Å². The molecule has 6 heteroatoms. The Hall–Kier alpha value is -4.19. The molecule has 0 radical (unpaired) electrons. The lowest BCUT2D eigenvalue weighted by Crippen LogP contribution is -2.18. The number of aromatic carboxylic acids is 1. The van der Waals surface area contributed by atoms with Gasteiger partial charge in [0.15, 0.2) is 0 Å². The van der Waals surface area contributed by atoms with Crippen LogP contribution >= 0.6 is 0 Å². The predicted molar refractivity (Wildman–Crippen MR) is 117 cm³/mol. The van der Waals surface area contributed by atoms with E-state index >= 15 is 0 Å². The molecular formula is C25H18N2O4. The third-order valence-corrected chi connectivity index (χ3v) is 5.54. The zero-order chi connectivity index (χ0) is 21.4. The summed E-state index contributed by atoms with van der Waals surface area (Å²) in [5.74, 6) is -1.08. The Morgan fingerprint density at radius 1 is 0.935 bits per heavy atom. The molecule has 0 atom stereocenters. The van der Waals surface area contributed by atoms with Crippen molar-refractivity contribution in [2.24, 2.45) is 0 Å². The number of carboxylic acids is 1. The molecule has 4 aromatic rings. The van der Waals surface area contributed by atoms with Crippen LogP contribution in [-0.2, 0) is 4.74 Å². The van der Waals surface area contributed by atoms with E-state index in [-0.39, 0.29) is 18.1 Å². The Morgan fingerprint density at radius 2 is 1.61 bits per heavy atom. The van der Waals surface area contributed by atoms with E-state index in [2.05, 4.69) is 34.6 Å². The smallest absolute Gasteiger partial charge is 0.411 e. The summed E-state index contributed by atoms with van der Waals surface area (Å²) in [4.78, 5) is 27.9. The van der Waals surface area contributed by atoms with Gasteiger partial charge in [0.25, 0.3) is 0 Å². The molecule has 2 N–H and O–H groups in total. The number of hydrogen-bond acceptors (Lipinski definition) is 4. The molecule has 1 aliphatic rings. The summed E-state index contributed by atoms with van der Waals surface area (Å²) in [6.45, 7) is 0.210. The highest BCUT2D eigenvalue weighted by Crippen LogP contribution is 2.44. The minimum Gasteiger partial charge on any atom is -0.478 e. The van der Waals surface area contributed by atoms with Gasteiger partial charge in [0.1, 0.15) is 6.61 Å². The maximum absolute atomic E-state index is 12.6. The number of carbonyl (C=O) groups is 2. The highest BCUT2D eigenvalue weighted by atomic mass is 16.5. The van der Waals surface area contributed by atoms with E-state index in [1.165, 1.54) is 23.4 Å². The minimum atomic E-state index is -1.05. The van der Waals surface area contributed by atoms with Crippen molar-refractivity contribution in [3.05, 3.63) is 95.7 Å². The fourth-order valence-electron chi connectivity index (χ4n) is 4.12. The van der Waals surface area contributed by atoms with Gasteiger partial charge in [0.05, 0.1) is 16.8 Å². The van der Waals surface area contributed by atoms with Crippen LogP contribution in [0.1, 0.15) is 27.4 Å². The third kappa shape index (κ3) is 3.38. The molecule has 1 amide bonds. The molecule has 1 aliphatic carbocycles. The number of nitrogens with one attached hydrogen (secondary N) is 1. The van der Waals surface area contributed by atoms with E-state index in [0.29, 0.717) is 16.6 Å². The number of anilines is 1. The second kappa shape index (κ2) is 7.57.